The van der Waals surface area contributed by atoms with E-state index in [1.807, 2.05) is 0 Å². The number of nitrogens with zero attached hydrogens (tertiary/aromatic N) is 1. The Morgan fingerprint density at radius 2 is 1.35 bits per heavy atom. The van der Waals surface area contributed by atoms with Gasteiger partial charge in [-0.1, -0.05) is 58.5 Å². The number of hydrogen-bond donors (Lipinski definition) is 1. The Labute approximate surface area is 200 Å². The van der Waals surface area contributed by atoms with Gasteiger partial charge in [0.2, 0.25) is 15.9 Å². The lowest BCUT2D eigenvalue weighted by atomic mass is 10.2. The minimum atomic E-state index is -4.01. The predicted octanol–water partition coefficient (Wildman–Crippen LogP) is 6.13. The van der Waals surface area contributed by atoms with Crippen LogP contribution in [-0.4, -0.2) is 25.2 Å². The molecule has 0 bridgehead atoms. The second-order valence-electron chi connectivity index (χ2n) is 6.53. The molecule has 3 aromatic carbocycles. The number of nitrogens with one attached hydrogen (secondary N) is 1. The van der Waals surface area contributed by atoms with Gasteiger partial charge in [-0.3, -0.25) is 4.79 Å². The summed E-state index contributed by atoms with van der Waals surface area (Å²) in [6.45, 7) is -0.491. The molecule has 0 atom stereocenters. The Balaban J connectivity index is 1.89. The van der Waals surface area contributed by atoms with E-state index in [0.717, 1.165) is 4.31 Å². The first-order valence-electron chi connectivity index (χ1n) is 8.90. The van der Waals surface area contributed by atoms with Gasteiger partial charge in [0.1, 0.15) is 0 Å². The molecule has 0 fully saturated rings. The molecule has 5 nitrogen and oxygen atoms in total. The van der Waals surface area contributed by atoms with Gasteiger partial charge in [-0.2, -0.15) is 4.31 Å². The minimum Gasteiger partial charge on any atom is -0.324 e. The van der Waals surface area contributed by atoms with Gasteiger partial charge >= 0.3 is 0 Å². The van der Waals surface area contributed by atoms with Gasteiger partial charge in [0.15, 0.2) is 0 Å². The minimum absolute atomic E-state index is 0.0134. The lowest BCUT2D eigenvalue weighted by molar-refractivity contribution is -0.116. The molecule has 0 spiro atoms. The van der Waals surface area contributed by atoms with E-state index in [9.17, 15) is 13.2 Å². The molecule has 1 N–H and O–H groups in total. The number of hydrogen-bond acceptors (Lipinski definition) is 3. The zero-order valence-corrected chi connectivity index (χ0v) is 19.7. The normalized spacial score (nSPS) is 11.5. The zero-order valence-electron chi connectivity index (χ0n) is 15.9. The molecular weight excluding hydrogens is 502 g/mol. The Morgan fingerprint density at radius 1 is 0.806 bits per heavy atom. The smallest absolute Gasteiger partial charge is 0.243 e. The molecule has 0 aliphatic rings. The fourth-order valence-electron chi connectivity index (χ4n) is 2.72. The van der Waals surface area contributed by atoms with E-state index in [1.165, 1.54) is 36.4 Å². The number of amides is 1. The third-order valence-electron chi connectivity index (χ3n) is 4.25. The molecule has 0 saturated carbocycles. The number of sulfonamides is 1. The van der Waals surface area contributed by atoms with Crippen LogP contribution in [0.25, 0.3) is 0 Å². The lowest BCUT2D eigenvalue weighted by Crippen LogP contribution is -2.37. The van der Waals surface area contributed by atoms with Crippen LogP contribution in [0, 0.1) is 0 Å². The monoisotopic (exact) mass is 516 g/mol. The molecule has 0 aromatic heterocycles. The van der Waals surface area contributed by atoms with Crippen molar-refractivity contribution in [2.24, 2.45) is 0 Å². The van der Waals surface area contributed by atoms with E-state index in [0.29, 0.717) is 20.6 Å². The third kappa shape index (κ3) is 6.35. The number of rotatable bonds is 7. The Kier molecular flexibility index (Phi) is 7.86. The Bertz CT molecular complexity index is 1180. The topological polar surface area (TPSA) is 66.5 Å². The molecule has 0 heterocycles. The molecule has 162 valence electrons. The zero-order chi connectivity index (χ0) is 22.6. The molecule has 0 aliphatic heterocycles. The molecule has 10 heteroatoms. The maximum Gasteiger partial charge on any atom is 0.243 e. The van der Waals surface area contributed by atoms with Gasteiger partial charge in [-0.25, -0.2) is 8.42 Å². The molecule has 3 rings (SSSR count). The number of anilines is 1. The van der Waals surface area contributed by atoms with Crippen molar-refractivity contribution in [2.45, 2.75) is 11.4 Å². The van der Waals surface area contributed by atoms with Gasteiger partial charge in [0.25, 0.3) is 0 Å². The molecule has 31 heavy (non-hydrogen) atoms. The highest BCUT2D eigenvalue weighted by atomic mass is 35.5. The number of benzene rings is 3. The molecule has 0 saturated heterocycles. The van der Waals surface area contributed by atoms with Crippen molar-refractivity contribution in [1.82, 2.24) is 4.31 Å². The number of halogens is 4. The SMILES string of the molecule is O=C(CN(Cc1ccc(Cl)cc1)S(=O)(=O)c1ccc(Cl)cc1)Nc1cc(Cl)ccc1Cl. The average molecular weight is 518 g/mol. The van der Waals surface area contributed by atoms with Crippen molar-refractivity contribution in [2.75, 3.05) is 11.9 Å². The first-order valence-corrected chi connectivity index (χ1v) is 11.9. The quantitative estimate of drug-likeness (QED) is 0.410. The summed E-state index contributed by atoms with van der Waals surface area (Å²) in [4.78, 5) is 12.7. The largest absolute Gasteiger partial charge is 0.324 e. The fraction of sp³-hybridized carbons (Fsp3) is 0.0952. The van der Waals surface area contributed by atoms with Crippen molar-refractivity contribution in [3.05, 3.63) is 92.4 Å². The highest BCUT2D eigenvalue weighted by Gasteiger charge is 2.27. The number of carbonyl (C=O) groups excluding carboxylic acids is 1. The van der Waals surface area contributed by atoms with Crippen LogP contribution >= 0.6 is 46.4 Å². The highest BCUT2D eigenvalue weighted by molar-refractivity contribution is 7.89. The van der Waals surface area contributed by atoms with Gasteiger partial charge in [-0.15, -0.1) is 0 Å². The van der Waals surface area contributed by atoms with E-state index < -0.39 is 22.5 Å². The lowest BCUT2D eigenvalue weighted by Gasteiger charge is -2.22. The maximum absolute atomic E-state index is 13.3. The van der Waals surface area contributed by atoms with E-state index in [-0.39, 0.29) is 22.2 Å². The summed E-state index contributed by atoms with van der Waals surface area (Å²) in [7, 11) is -4.01. The molecule has 3 aromatic rings. The van der Waals surface area contributed by atoms with Crippen LogP contribution in [0.15, 0.2) is 71.6 Å². The van der Waals surface area contributed by atoms with Crippen molar-refractivity contribution >= 4 is 68.0 Å². The molecule has 1 amide bonds. The van der Waals surface area contributed by atoms with Crippen LogP contribution in [0.3, 0.4) is 0 Å². The van der Waals surface area contributed by atoms with Crippen molar-refractivity contribution in [3.63, 3.8) is 0 Å². The highest BCUT2D eigenvalue weighted by Crippen LogP contribution is 2.26. The molecule has 0 aliphatic carbocycles. The molecule has 0 radical (unpaired) electrons. The van der Waals surface area contributed by atoms with E-state index in [2.05, 4.69) is 5.32 Å². The third-order valence-corrected chi connectivity index (χ3v) is 7.12. The van der Waals surface area contributed by atoms with E-state index in [4.69, 9.17) is 46.4 Å². The maximum atomic E-state index is 13.3. The number of carbonyl (C=O) groups is 1. The van der Waals surface area contributed by atoms with Gasteiger partial charge in [0, 0.05) is 21.6 Å². The summed E-state index contributed by atoms with van der Waals surface area (Å²) in [5.74, 6) is -0.573. The van der Waals surface area contributed by atoms with Crippen molar-refractivity contribution < 1.29 is 13.2 Å². The first-order chi connectivity index (χ1) is 14.6. The fourth-order valence-corrected chi connectivity index (χ4v) is 4.69. The predicted molar refractivity (Wildman–Crippen MR) is 126 cm³/mol. The van der Waals surface area contributed by atoms with Crippen LogP contribution in [-0.2, 0) is 21.4 Å². The van der Waals surface area contributed by atoms with Gasteiger partial charge in [-0.05, 0) is 60.2 Å². The van der Waals surface area contributed by atoms with Crippen molar-refractivity contribution in [1.29, 1.82) is 0 Å². The molecular formula is C21H16Cl4N2O3S. The summed E-state index contributed by atoms with van der Waals surface area (Å²) in [5, 5.41) is 4.18. The summed E-state index contributed by atoms with van der Waals surface area (Å²) >= 11 is 23.8. The summed E-state index contributed by atoms with van der Waals surface area (Å²) < 4.78 is 27.6. The summed E-state index contributed by atoms with van der Waals surface area (Å²) in [6.07, 6.45) is 0. The Hall–Kier alpha value is -1.80. The summed E-state index contributed by atoms with van der Waals surface area (Å²) in [6, 6.07) is 17.0. The van der Waals surface area contributed by atoms with E-state index in [1.54, 1.807) is 30.3 Å². The second kappa shape index (κ2) is 10.2. The molecule has 0 unspecified atom stereocenters. The van der Waals surface area contributed by atoms with Crippen LogP contribution in [0.2, 0.25) is 20.1 Å². The van der Waals surface area contributed by atoms with Gasteiger partial charge < -0.3 is 5.32 Å². The first kappa shape index (κ1) is 23.9. The Morgan fingerprint density at radius 3 is 1.97 bits per heavy atom. The van der Waals surface area contributed by atoms with Crippen molar-refractivity contribution in [3.8, 4) is 0 Å². The second-order valence-corrected chi connectivity index (χ2v) is 10.2. The standard InChI is InChI=1S/C21H16Cl4N2O3S/c22-15-3-1-14(2-4-15)12-27(31(29,30)18-8-5-16(23)6-9-18)13-21(28)26-20-11-17(24)7-10-19(20)25/h1-11H,12-13H2,(H,26,28). The van der Waals surface area contributed by atoms with Crippen LogP contribution < -0.4 is 5.32 Å². The van der Waals surface area contributed by atoms with Crippen LogP contribution in [0.1, 0.15) is 5.56 Å². The van der Waals surface area contributed by atoms with E-state index >= 15 is 0 Å². The van der Waals surface area contributed by atoms with Gasteiger partial charge in [0.05, 0.1) is 22.2 Å². The summed E-state index contributed by atoms with van der Waals surface area (Å²) in [5.41, 5.74) is 0.949. The van der Waals surface area contributed by atoms with Crippen LogP contribution in [0.5, 0.6) is 0 Å². The average Bonchev–Trinajstić information content (AvgIpc) is 2.72. The van der Waals surface area contributed by atoms with Crippen LogP contribution in [0.4, 0.5) is 5.69 Å².